The summed E-state index contributed by atoms with van der Waals surface area (Å²) in [5, 5.41) is 22.4. The minimum atomic E-state index is 0.0344. The third-order valence-corrected chi connectivity index (χ3v) is 2.87. The molecule has 0 aromatic heterocycles. The lowest BCUT2D eigenvalue weighted by atomic mass is 10.0. The lowest BCUT2D eigenvalue weighted by molar-refractivity contribution is 0.214. The standard InChI is InChI=1S/C14H23NO2/c1-10(2)8-12(9-16)15-11(3)13-6-4-5-7-14(13)17/h4-7,10-12,15-17H,8-9H2,1-3H3. The summed E-state index contributed by atoms with van der Waals surface area (Å²) in [5.41, 5.74) is 0.870. The summed E-state index contributed by atoms with van der Waals surface area (Å²) in [7, 11) is 0. The van der Waals surface area contributed by atoms with Gasteiger partial charge in [0.25, 0.3) is 0 Å². The first-order valence-corrected chi connectivity index (χ1v) is 6.19. The van der Waals surface area contributed by atoms with Gasteiger partial charge in [0.05, 0.1) is 6.61 Å². The number of aliphatic hydroxyl groups is 1. The van der Waals surface area contributed by atoms with Crippen LogP contribution in [0.5, 0.6) is 5.75 Å². The predicted molar refractivity (Wildman–Crippen MR) is 70.0 cm³/mol. The van der Waals surface area contributed by atoms with Crippen LogP contribution in [-0.4, -0.2) is 22.9 Å². The van der Waals surface area contributed by atoms with Crippen molar-refractivity contribution in [1.82, 2.24) is 5.32 Å². The molecule has 0 heterocycles. The number of nitrogens with one attached hydrogen (secondary N) is 1. The van der Waals surface area contributed by atoms with Gasteiger partial charge >= 0.3 is 0 Å². The number of para-hydroxylation sites is 1. The molecule has 1 aromatic carbocycles. The molecule has 0 saturated carbocycles. The van der Waals surface area contributed by atoms with Crippen molar-refractivity contribution in [3.05, 3.63) is 29.8 Å². The molecule has 2 unspecified atom stereocenters. The fourth-order valence-electron chi connectivity index (χ4n) is 2.06. The smallest absolute Gasteiger partial charge is 0.120 e. The molecule has 0 amide bonds. The number of aromatic hydroxyl groups is 1. The second kappa shape index (κ2) is 6.62. The fourth-order valence-corrected chi connectivity index (χ4v) is 2.06. The Morgan fingerprint density at radius 3 is 2.35 bits per heavy atom. The monoisotopic (exact) mass is 237 g/mol. The molecule has 1 aromatic rings. The number of aliphatic hydroxyl groups excluding tert-OH is 1. The van der Waals surface area contributed by atoms with Gasteiger partial charge < -0.3 is 15.5 Å². The topological polar surface area (TPSA) is 52.5 Å². The Kier molecular flexibility index (Phi) is 5.45. The van der Waals surface area contributed by atoms with E-state index in [9.17, 15) is 10.2 Å². The Hall–Kier alpha value is -1.06. The molecule has 0 aliphatic rings. The van der Waals surface area contributed by atoms with Crippen LogP contribution in [0.25, 0.3) is 0 Å². The predicted octanol–water partition coefficient (Wildman–Crippen LogP) is 2.45. The summed E-state index contributed by atoms with van der Waals surface area (Å²) in [6.07, 6.45) is 0.925. The minimum Gasteiger partial charge on any atom is -0.508 e. The maximum atomic E-state index is 9.75. The summed E-state index contributed by atoms with van der Waals surface area (Å²) in [4.78, 5) is 0. The van der Waals surface area contributed by atoms with E-state index in [0.717, 1.165) is 12.0 Å². The summed E-state index contributed by atoms with van der Waals surface area (Å²) in [6.45, 7) is 6.39. The third kappa shape index (κ3) is 4.36. The van der Waals surface area contributed by atoms with Crippen LogP contribution in [0.3, 0.4) is 0 Å². The molecule has 0 fully saturated rings. The number of phenolic OH excluding ortho intramolecular Hbond substituents is 1. The van der Waals surface area contributed by atoms with Gasteiger partial charge in [-0.05, 0) is 25.3 Å². The molecule has 0 radical (unpaired) electrons. The van der Waals surface area contributed by atoms with Crippen molar-refractivity contribution in [2.45, 2.75) is 39.3 Å². The lowest BCUT2D eigenvalue weighted by Crippen LogP contribution is -2.35. The van der Waals surface area contributed by atoms with E-state index in [4.69, 9.17) is 0 Å². The molecule has 3 nitrogen and oxygen atoms in total. The zero-order valence-corrected chi connectivity index (χ0v) is 10.9. The van der Waals surface area contributed by atoms with E-state index in [1.165, 1.54) is 0 Å². The molecule has 3 N–H and O–H groups in total. The zero-order chi connectivity index (χ0) is 12.8. The van der Waals surface area contributed by atoms with E-state index >= 15 is 0 Å². The average Bonchev–Trinajstić information content (AvgIpc) is 2.27. The number of rotatable bonds is 6. The quantitative estimate of drug-likeness (QED) is 0.712. The number of benzene rings is 1. The Bertz CT molecular complexity index is 339. The molecule has 1 rings (SSSR count). The molecule has 3 heteroatoms. The first-order valence-electron chi connectivity index (χ1n) is 6.19. The van der Waals surface area contributed by atoms with Crippen LogP contribution < -0.4 is 5.32 Å². The van der Waals surface area contributed by atoms with Crippen molar-refractivity contribution in [1.29, 1.82) is 0 Å². The zero-order valence-electron chi connectivity index (χ0n) is 10.9. The van der Waals surface area contributed by atoms with Crippen molar-refractivity contribution in [3.63, 3.8) is 0 Å². The van der Waals surface area contributed by atoms with Gasteiger partial charge in [0, 0.05) is 17.6 Å². The second-order valence-corrected chi connectivity index (χ2v) is 4.96. The van der Waals surface area contributed by atoms with Crippen molar-refractivity contribution in [2.24, 2.45) is 5.92 Å². The first kappa shape index (κ1) is 14.0. The van der Waals surface area contributed by atoms with Crippen LogP contribution in [0.2, 0.25) is 0 Å². The van der Waals surface area contributed by atoms with Crippen molar-refractivity contribution in [2.75, 3.05) is 6.61 Å². The third-order valence-electron chi connectivity index (χ3n) is 2.87. The molecule has 0 saturated heterocycles. The Morgan fingerprint density at radius 2 is 1.82 bits per heavy atom. The fraction of sp³-hybridized carbons (Fsp3) is 0.571. The van der Waals surface area contributed by atoms with Crippen LogP contribution in [0.15, 0.2) is 24.3 Å². The lowest BCUT2D eigenvalue weighted by Gasteiger charge is -2.23. The van der Waals surface area contributed by atoms with Gasteiger partial charge in [-0.3, -0.25) is 0 Å². The summed E-state index contributed by atoms with van der Waals surface area (Å²) in [5.74, 6) is 0.838. The van der Waals surface area contributed by atoms with Gasteiger partial charge in [-0.2, -0.15) is 0 Å². The molecule has 96 valence electrons. The van der Waals surface area contributed by atoms with Crippen molar-refractivity contribution < 1.29 is 10.2 Å². The normalized spacial score (nSPS) is 14.9. The SMILES string of the molecule is CC(C)CC(CO)NC(C)c1ccccc1O. The summed E-state index contributed by atoms with van der Waals surface area (Å²) in [6, 6.07) is 7.41. The minimum absolute atomic E-state index is 0.0344. The second-order valence-electron chi connectivity index (χ2n) is 4.96. The van der Waals surface area contributed by atoms with Gasteiger partial charge in [0.2, 0.25) is 0 Å². The molecule has 17 heavy (non-hydrogen) atoms. The average molecular weight is 237 g/mol. The molecule has 0 spiro atoms. The molecule has 0 aliphatic carbocycles. The number of phenols is 1. The van der Waals surface area contributed by atoms with Gasteiger partial charge in [-0.25, -0.2) is 0 Å². The van der Waals surface area contributed by atoms with Gasteiger partial charge in [0.1, 0.15) is 5.75 Å². The Morgan fingerprint density at radius 1 is 1.18 bits per heavy atom. The Labute approximate surface area is 103 Å². The highest BCUT2D eigenvalue weighted by Crippen LogP contribution is 2.24. The van der Waals surface area contributed by atoms with Gasteiger partial charge in [-0.1, -0.05) is 32.0 Å². The highest BCUT2D eigenvalue weighted by atomic mass is 16.3. The Balaban J connectivity index is 2.64. The van der Waals surface area contributed by atoms with E-state index in [0.29, 0.717) is 11.7 Å². The van der Waals surface area contributed by atoms with E-state index < -0.39 is 0 Å². The van der Waals surface area contributed by atoms with E-state index in [1.54, 1.807) is 6.07 Å². The van der Waals surface area contributed by atoms with E-state index in [2.05, 4.69) is 19.2 Å². The van der Waals surface area contributed by atoms with Crippen molar-refractivity contribution >= 4 is 0 Å². The largest absolute Gasteiger partial charge is 0.508 e. The summed E-state index contributed by atoms with van der Waals surface area (Å²) >= 11 is 0. The van der Waals surface area contributed by atoms with Crippen molar-refractivity contribution in [3.8, 4) is 5.75 Å². The van der Waals surface area contributed by atoms with Gasteiger partial charge in [-0.15, -0.1) is 0 Å². The molecule has 0 aliphatic heterocycles. The van der Waals surface area contributed by atoms with Crippen LogP contribution in [-0.2, 0) is 0 Å². The van der Waals surface area contributed by atoms with E-state index in [-0.39, 0.29) is 18.7 Å². The highest BCUT2D eigenvalue weighted by Gasteiger charge is 2.15. The maximum absolute atomic E-state index is 9.75. The maximum Gasteiger partial charge on any atom is 0.120 e. The molecular weight excluding hydrogens is 214 g/mol. The van der Waals surface area contributed by atoms with Crippen LogP contribution in [0.1, 0.15) is 38.8 Å². The molecule has 0 bridgehead atoms. The number of hydrogen-bond acceptors (Lipinski definition) is 3. The highest BCUT2D eigenvalue weighted by molar-refractivity contribution is 5.34. The van der Waals surface area contributed by atoms with E-state index in [1.807, 2.05) is 25.1 Å². The van der Waals surface area contributed by atoms with Crippen LogP contribution >= 0.6 is 0 Å². The summed E-state index contributed by atoms with van der Waals surface area (Å²) < 4.78 is 0. The van der Waals surface area contributed by atoms with Crippen LogP contribution in [0, 0.1) is 5.92 Å². The first-order chi connectivity index (χ1) is 8.04. The molecular formula is C14H23NO2. The number of hydrogen-bond donors (Lipinski definition) is 3. The van der Waals surface area contributed by atoms with Crippen LogP contribution in [0.4, 0.5) is 0 Å². The van der Waals surface area contributed by atoms with Gasteiger partial charge in [0.15, 0.2) is 0 Å². The molecule has 2 atom stereocenters.